The zero-order valence-corrected chi connectivity index (χ0v) is 18.2. The Morgan fingerprint density at radius 1 is 1.06 bits per heavy atom. The molecule has 2 aliphatic heterocycles. The van der Waals surface area contributed by atoms with E-state index < -0.39 is 11.6 Å². The van der Waals surface area contributed by atoms with Crippen LogP contribution in [-0.2, 0) is 0 Å². The summed E-state index contributed by atoms with van der Waals surface area (Å²) < 4.78 is 40.8. The van der Waals surface area contributed by atoms with Gasteiger partial charge in [-0.2, -0.15) is 0 Å². The van der Waals surface area contributed by atoms with Crippen LogP contribution in [0.3, 0.4) is 0 Å². The molecule has 3 heterocycles. The summed E-state index contributed by atoms with van der Waals surface area (Å²) in [6.07, 6.45) is 3.42. The Kier molecular flexibility index (Phi) is 7.02. The number of guanidine groups is 1. The van der Waals surface area contributed by atoms with Gasteiger partial charge in [0.25, 0.3) is 0 Å². The van der Waals surface area contributed by atoms with E-state index in [0.717, 1.165) is 45.0 Å². The van der Waals surface area contributed by atoms with Gasteiger partial charge in [-0.15, -0.1) is 0 Å². The first kappa shape index (κ1) is 22.2. The van der Waals surface area contributed by atoms with Gasteiger partial charge < -0.3 is 20.4 Å². The normalized spacial score (nSPS) is 21.3. The number of hydrogen-bond donors (Lipinski definition) is 2. The van der Waals surface area contributed by atoms with Crippen molar-refractivity contribution in [2.45, 2.75) is 25.8 Å². The van der Waals surface area contributed by atoms with Crippen LogP contribution in [0.15, 0.2) is 41.5 Å². The lowest BCUT2D eigenvalue weighted by atomic mass is 10.1. The fraction of sp³-hybridized carbons (Fsp3) is 0.478. The molecular formula is C23H29F3N6. The van der Waals surface area contributed by atoms with Gasteiger partial charge in [-0.3, -0.25) is 4.99 Å². The quantitative estimate of drug-likeness (QED) is 0.528. The van der Waals surface area contributed by atoms with Gasteiger partial charge in [-0.1, -0.05) is 0 Å². The number of nitrogens with one attached hydrogen (secondary N) is 2. The summed E-state index contributed by atoms with van der Waals surface area (Å²) in [5, 5.41) is 6.74. The van der Waals surface area contributed by atoms with Gasteiger partial charge in [0.2, 0.25) is 0 Å². The molecule has 0 bridgehead atoms. The summed E-state index contributed by atoms with van der Waals surface area (Å²) in [5.41, 5.74) is 0.702. The molecule has 0 radical (unpaired) electrons. The second kappa shape index (κ2) is 10.1. The summed E-state index contributed by atoms with van der Waals surface area (Å²) >= 11 is 0. The fourth-order valence-electron chi connectivity index (χ4n) is 4.31. The highest BCUT2D eigenvalue weighted by Gasteiger charge is 2.27. The molecule has 4 rings (SSSR count). The molecule has 172 valence electrons. The number of aromatic nitrogens is 1. The Hall–Kier alpha value is -2.97. The number of benzene rings is 1. The number of aliphatic imine (C=N–C) groups is 1. The number of halogens is 3. The molecule has 9 heteroatoms. The van der Waals surface area contributed by atoms with Gasteiger partial charge in [0, 0.05) is 63.3 Å². The van der Waals surface area contributed by atoms with Gasteiger partial charge in [-0.25, -0.2) is 18.2 Å². The van der Waals surface area contributed by atoms with E-state index in [1.165, 1.54) is 18.2 Å². The molecule has 1 aromatic heterocycles. The van der Waals surface area contributed by atoms with E-state index in [1.54, 1.807) is 18.3 Å². The Morgan fingerprint density at radius 3 is 2.69 bits per heavy atom. The van der Waals surface area contributed by atoms with E-state index in [2.05, 4.69) is 20.5 Å². The summed E-state index contributed by atoms with van der Waals surface area (Å²) in [6.45, 7) is 6.33. The van der Waals surface area contributed by atoms with E-state index >= 15 is 0 Å². The van der Waals surface area contributed by atoms with Crippen LogP contribution in [-0.4, -0.2) is 56.3 Å². The van der Waals surface area contributed by atoms with Gasteiger partial charge in [-0.05, 0) is 49.9 Å². The number of hydrogen-bond acceptors (Lipinski definition) is 4. The van der Waals surface area contributed by atoms with Crippen LogP contribution >= 0.6 is 0 Å². The molecule has 0 aliphatic carbocycles. The second-order valence-electron chi connectivity index (χ2n) is 8.30. The molecule has 2 fully saturated rings. The third-order valence-electron chi connectivity index (χ3n) is 5.97. The minimum Gasteiger partial charge on any atom is -0.371 e. The molecule has 2 N–H and O–H groups in total. The highest BCUT2D eigenvalue weighted by atomic mass is 19.2. The smallest absolute Gasteiger partial charge is 0.191 e. The standard InChI is InChI=1S/C23H29F3N6/c1-2-27-23(30-17-8-11-32(15-17)22-20(25)4-3-9-28-22)29-13-16-7-10-31(14-16)18-5-6-19(24)21(26)12-18/h3-6,9,12,16-17H,2,7-8,10-11,13-15H2,1H3,(H2,27,29,30). The molecule has 2 atom stereocenters. The number of nitrogens with zero attached hydrogens (tertiary/aromatic N) is 4. The van der Waals surface area contributed by atoms with E-state index in [9.17, 15) is 13.2 Å². The van der Waals surface area contributed by atoms with Crippen LogP contribution in [0.25, 0.3) is 0 Å². The van der Waals surface area contributed by atoms with E-state index in [0.29, 0.717) is 30.5 Å². The van der Waals surface area contributed by atoms with Crippen LogP contribution < -0.4 is 20.4 Å². The Balaban J connectivity index is 1.32. The molecular weight excluding hydrogens is 417 g/mol. The van der Waals surface area contributed by atoms with E-state index in [1.807, 2.05) is 11.8 Å². The average molecular weight is 447 g/mol. The van der Waals surface area contributed by atoms with Crippen molar-refractivity contribution in [3.63, 3.8) is 0 Å². The monoisotopic (exact) mass is 446 g/mol. The van der Waals surface area contributed by atoms with Crippen LogP contribution in [0.5, 0.6) is 0 Å². The fourth-order valence-corrected chi connectivity index (χ4v) is 4.31. The van der Waals surface area contributed by atoms with Crippen molar-refractivity contribution in [3.8, 4) is 0 Å². The van der Waals surface area contributed by atoms with Gasteiger partial charge in [0.05, 0.1) is 0 Å². The van der Waals surface area contributed by atoms with Gasteiger partial charge >= 0.3 is 0 Å². The minimum atomic E-state index is -0.827. The van der Waals surface area contributed by atoms with Gasteiger partial charge in [0.1, 0.15) is 0 Å². The van der Waals surface area contributed by atoms with Crippen LogP contribution in [0.1, 0.15) is 19.8 Å². The number of anilines is 2. The lowest BCUT2D eigenvalue weighted by Crippen LogP contribution is -2.45. The largest absolute Gasteiger partial charge is 0.371 e. The summed E-state index contributed by atoms with van der Waals surface area (Å²) in [7, 11) is 0. The lowest BCUT2D eigenvalue weighted by Gasteiger charge is -2.20. The van der Waals surface area contributed by atoms with E-state index in [-0.39, 0.29) is 11.9 Å². The molecule has 2 aromatic rings. The number of pyridine rings is 1. The Bertz CT molecular complexity index is 953. The third-order valence-corrected chi connectivity index (χ3v) is 5.97. The molecule has 6 nitrogen and oxygen atoms in total. The second-order valence-corrected chi connectivity index (χ2v) is 8.30. The van der Waals surface area contributed by atoms with Gasteiger partial charge in [0.15, 0.2) is 29.2 Å². The Labute approximate surface area is 186 Å². The first-order valence-electron chi connectivity index (χ1n) is 11.1. The highest BCUT2D eigenvalue weighted by Crippen LogP contribution is 2.25. The van der Waals surface area contributed by atoms with Crippen molar-refractivity contribution >= 4 is 17.5 Å². The third kappa shape index (κ3) is 5.26. The van der Waals surface area contributed by atoms with Crippen LogP contribution in [0.2, 0.25) is 0 Å². The summed E-state index contributed by atoms with van der Waals surface area (Å²) in [6, 6.07) is 7.22. The first-order valence-corrected chi connectivity index (χ1v) is 11.1. The van der Waals surface area contributed by atoms with E-state index in [4.69, 9.17) is 4.99 Å². The molecule has 0 amide bonds. The molecule has 2 aliphatic rings. The SMILES string of the molecule is CCNC(=NCC1CCN(c2ccc(F)c(F)c2)C1)NC1CCN(c2ncccc2F)C1. The van der Waals surface area contributed by atoms with Crippen molar-refractivity contribution in [3.05, 3.63) is 54.0 Å². The molecule has 2 saturated heterocycles. The van der Waals surface area contributed by atoms with Crippen molar-refractivity contribution < 1.29 is 13.2 Å². The van der Waals surface area contributed by atoms with Crippen molar-refractivity contribution in [2.75, 3.05) is 49.1 Å². The van der Waals surface area contributed by atoms with Crippen LogP contribution in [0.4, 0.5) is 24.7 Å². The predicted octanol–water partition coefficient (Wildman–Crippen LogP) is 3.16. The van der Waals surface area contributed by atoms with Crippen LogP contribution in [0, 0.1) is 23.4 Å². The van der Waals surface area contributed by atoms with Crippen molar-refractivity contribution in [1.29, 1.82) is 0 Å². The average Bonchev–Trinajstić information content (AvgIpc) is 3.44. The zero-order valence-electron chi connectivity index (χ0n) is 18.2. The topological polar surface area (TPSA) is 55.8 Å². The molecule has 32 heavy (non-hydrogen) atoms. The minimum absolute atomic E-state index is 0.150. The lowest BCUT2D eigenvalue weighted by molar-refractivity contribution is 0.508. The maximum Gasteiger partial charge on any atom is 0.191 e. The molecule has 0 saturated carbocycles. The zero-order chi connectivity index (χ0) is 22.5. The number of rotatable bonds is 6. The predicted molar refractivity (Wildman–Crippen MR) is 121 cm³/mol. The molecule has 0 spiro atoms. The maximum absolute atomic E-state index is 14.0. The summed E-state index contributed by atoms with van der Waals surface area (Å²) in [5.74, 6) is -0.485. The highest BCUT2D eigenvalue weighted by molar-refractivity contribution is 5.80. The first-order chi connectivity index (χ1) is 15.5. The Morgan fingerprint density at radius 2 is 1.91 bits per heavy atom. The maximum atomic E-state index is 14.0. The summed E-state index contributed by atoms with van der Waals surface area (Å²) in [4.78, 5) is 12.9. The van der Waals surface area contributed by atoms with Crippen molar-refractivity contribution in [1.82, 2.24) is 15.6 Å². The molecule has 1 aromatic carbocycles. The van der Waals surface area contributed by atoms with Crippen molar-refractivity contribution in [2.24, 2.45) is 10.9 Å². The molecule has 2 unspecified atom stereocenters.